The van der Waals surface area contributed by atoms with Gasteiger partial charge in [0.25, 0.3) is 0 Å². The number of aromatic nitrogens is 2. The summed E-state index contributed by atoms with van der Waals surface area (Å²) in [6.45, 7) is 3.75. The minimum atomic E-state index is -1.06. The molecular weight excluding hydrogens is 254 g/mol. The maximum atomic E-state index is 13.9. The van der Waals surface area contributed by atoms with Crippen molar-refractivity contribution in [1.82, 2.24) is 14.9 Å². The number of likely N-dealkylation sites (N-methyl/N-ethyl adjacent to an activating group) is 1. The van der Waals surface area contributed by atoms with E-state index in [1.54, 1.807) is 13.8 Å². The summed E-state index contributed by atoms with van der Waals surface area (Å²) in [6.07, 6.45) is 0. The van der Waals surface area contributed by atoms with Gasteiger partial charge in [-0.15, -0.1) is 0 Å². The molecule has 0 aliphatic heterocycles. The molecule has 1 unspecified atom stereocenters. The number of halogens is 2. The van der Waals surface area contributed by atoms with E-state index in [9.17, 15) is 13.6 Å². The molecule has 3 N–H and O–H groups in total. The van der Waals surface area contributed by atoms with Gasteiger partial charge in [-0.2, -0.15) is 0 Å². The lowest BCUT2D eigenvalue weighted by Crippen LogP contribution is -2.31. The second-order valence-corrected chi connectivity index (χ2v) is 4.14. The minimum absolute atomic E-state index is 0.0294. The van der Waals surface area contributed by atoms with E-state index in [-0.39, 0.29) is 22.9 Å². The van der Waals surface area contributed by atoms with Gasteiger partial charge < -0.3 is 11.1 Å². The first-order valence-electron chi connectivity index (χ1n) is 5.86. The number of nitrogens with two attached hydrogens (primary N) is 1. The molecule has 102 valence electrons. The lowest BCUT2D eigenvalue weighted by molar-refractivity contribution is -0.123. The van der Waals surface area contributed by atoms with Crippen LogP contribution >= 0.6 is 0 Å². The summed E-state index contributed by atoms with van der Waals surface area (Å²) in [5, 5.41) is 2.60. The third kappa shape index (κ3) is 2.11. The fraction of sp³-hybridized carbons (Fsp3) is 0.333. The van der Waals surface area contributed by atoms with Crippen molar-refractivity contribution in [3.63, 3.8) is 0 Å². The van der Waals surface area contributed by atoms with Crippen LogP contribution in [0.25, 0.3) is 11.0 Å². The highest BCUT2D eigenvalue weighted by Gasteiger charge is 2.23. The molecule has 1 aromatic carbocycles. The maximum Gasteiger partial charge on any atom is 0.242 e. The number of hydrogen-bond donors (Lipinski definition) is 2. The van der Waals surface area contributed by atoms with Gasteiger partial charge in [-0.05, 0) is 26.0 Å². The highest BCUT2D eigenvalue weighted by atomic mass is 19.2. The number of imidazole rings is 1. The van der Waals surface area contributed by atoms with Crippen molar-refractivity contribution in [2.45, 2.75) is 19.9 Å². The Balaban J connectivity index is 2.62. The van der Waals surface area contributed by atoms with Gasteiger partial charge in [-0.3, -0.25) is 9.36 Å². The molecule has 0 bridgehead atoms. The number of fused-ring (bicyclic) bond motifs is 1. The zero-order valence-corrected chi connectivity index (χ0v) is 10.6. The second-order valence-electron chi connectivity index (χ2n) is 4.14. The van der Waals surface area contributed by atoms with Gasteiger partial charge in [0.05, 0.1) is 5.52 Å². The number of anilines is 1. The topological polar surface area (TPSA) is 72.9 Å². The van der Waals surface area contributed by atoms with E-state index in [4.69, 9.17) is 5.73 Å². The van der Waals surface area contributed by atoms with Crippen LogP contribution in [0.4, 0.5) is 14.7 Å². The van der Waals surface area contributed by atoms with Gasteiger partial charge in [0.2, 0.25) is 11.9 Å². The van der Waals surface area contributed by atoms with Crippen LogP contribution in [0, 0.1) is 11.6 Å². The molecule has 0 saturated heterocycles. The van der Waals surface area contributed by atoms with Crippen molar-refractivity contribution in [3.05, 3.63) is 23.8 Å². The molecule has 1 aromatic heterocycles. The number of rotatable bonds is 3. The first kappa shape index (κ1) is 13.3. The van der Waals surface area contributed by atoms with Crippen LogP contribution in [0.15, 0.2) is 12.1 Å². The lowest BCUT2D eigenvalue weighted by Gasteiger charge is -2.15. The van der Waals surface area contributed by atoms with Gasteiger partial charge in [0.15, 0.2) is 11.6 Å². The largest absolute Gasteiger partial charge is 0.369 e. The molecule has 1 heterocycles. The van der Waals surface area contributed by atoms with E-state index in [0.29, 0.717) is 6.54 Å². The smallest absolute Gasteiger partial charge is 0.242 e. The van der Waals surface area contributed by atoms with Crippen LogP contribution in [-0.4, -0.2) is 22.0 Å². The summed E-state index contributed by atoms with van der Waals surface area (Å²) in [6, 6.07) is 1.53. The number of nitrogens with zero attached hydrogens (tertiary/aromatic N) is 2. The van der Waals surface area contributed by atoms with Crippen molar-refractivity contribution in [1.29, 1.82) is 0 Å². The highest BCUT2D eigenvalue weighted by molar-refractivity contribution is 5.85. The molecule has 5 nitrogen and oxygen atoms in total. The standard InChI is InChI=1S/C12H14F2N4O/c1-3-16-11(19)6(2)18-10-8(17-12(18)15)5-4-7(13)9(10)14/h4-6H,3H2,1-2H3,(H2,15,17)(H,16,19). The van der Waals surface area contributed by atoms with Crippen LogP contribution in [0.2, 0.25) is 0 Å². The molecule has 0 aliphatic rings. The number of carbonyl (C=O) groups is 1. The van der Waals surface area contributed by atoms with Crippen molar-refractivity contribution < 1.29 is 13.6 Å². The predicted molar refractivity (Wildman–Crippen MR) is 67.5 cm³/mol. The monoisotopic (exact) mass is 268 g/mol. The van der Waals surface area contributed by atoms with Crippen molar-refractivity contribution in [2.24, 2.45) is 0 Å². The summed E-state index contributed by atoms with van der Waals surface area (Å²) in [5.41, 5.74) is 5.80. The molecule has 0 fully saturated rings. The summed E-state index contributed by atoms with van der Waals surface area (Å²) in [7, 11) is 0. The molecule has 7 heteroatoms. The number of carbonyl (C=O) groups excluding carboxylic acids is 1. The summed E-state index contributed by atoms with van der Waals surface area (Å²) < 4.78 is 28.3. The van der Waals surface area contributed by atoms with E-state index >= 15 is 0 Å². The Morgan fingerprint density at radius 1 is 1.53 bits per heavy atom. The Kier molecular flexibility index (Phi) is 3.37. The van der Waals surface area contributed by atoms with Crippen LogP contribution in [0.5, 0.6) is 0 Å². The Labute approximate surface area is 108 Å². The fourth-order valence-electron chi connectivity index (χ4n) is 1.97. The lowest BCUT2D eigenvalue weighted by atomic mass is 10.2. The van der Waals surface area contributed by atoms with Crippen molar-refractivity contribution in [2.75, 3.05) is 12.3 Å². The average molecular weight is 268 g/mol. The summed E-state index contributed by atoms with van der Waals surface area (Å²) >= 11 is 0. The first-order valence-corrected chi connectivity index (χ1v) is 5.86. The number of benzene rings is 1. The van der Waals surface area contributed by atoms with Crippen molar-refractivity contribution >= 4 is 22.9 Å². The SMILES string of the molecule is CCNC(=O)C(C)n1c(N)nc2ccc(F)c(F)c21. The minimum Gasteiger partial charge on any atom is -0.369 e. The normalized spacial score (nSPS) is 12.6. The maximum absolute atomic E-state index is 13.9. The Bertz CT molecular complexity index is 638. The summed E-state index contributed by atoms with van der Waals surface area (Å²) in [5.74, 6) is -2.43. The number of hydrogen-bond acceptors (Lipinski definition) is 3. The van der Waals surface area contributed by atoms with Crippen LogP contribution in [-0.2, 0) is 4.79 Å². The molecule has 19 heavy (non-hydrogen) atoms. The molecule has 1 atom stereocenters. The molecule has 0 radical (unpaired) electrons. The zero-order chi connectivity index (χ0) is 14.2. The van der Waals surface area contributed by atoms with Gasteiger partial charge in [0.1, 0.15) is 11.6 Å². The van der Waals surface area contributed by atoms with E-state index in [2.05, 4.69) is 10.3 Å². The van der Waals surface area contributed by atoms with E-state index in [1.165, 1.54) is 10.6 Å². The molecule has 0 saturated carbocycles. The molecule has 1 amide bonds. The second kappa shape index (κ2) is 4.83. The van der Waals surface area contributed by atoms with Gasteiger partial charge >= 0.3 is 0 Å². The van der Waals surface area contributed by atoms with Crippen LogP contribution in [0.1, 0.15) is 19.9 Å². The van der Waals surface area contributed by atoms with Crippen molar-refractivity contribution in [3.8, 4) is 0 Å². The molecule has 0 spiro atoms. The first-order chi connectivity index (χ1) is 8.97. The number of amides is 1. The van der Waals surface area contributed by atoms with Gasteiger partial charge in [0, 0.05) is 6.54 Å². The van der Waals surface area contributed by atoms with Gasteiger partial charge in [-0.25, -0.2) is 13.8 Å². The van der Waals surface area contributed by atoms with Crippen LogP contribution in [0.3, 0.4) is 0 Å². The van der Waals surface area contributed by atoms with E-state index in [1.807, 2.05) is 0 Å². The zero-order valence-electron chi connectivity index (χ0n) is 10.6. The van der Waals surface area contributed by atoms with E-state index in [0.717, 1.165) is 6.07 Å². The molecule has 0 aliphatic carbocycles. The fourth-order valence-corrected chi connectivity index (χ4v) is 1.97. The highest BCUT2D eigenvalue weighted by Crippen LogP contribution is 2.26. The van der Waals surface area contributed by atoms with Crippen LogP contribution < -0.4 is 11.1 Å². The Morgan fingerprint density at radius 2 is 2.21 bits per heavy atom. The quantitative estimate of drug-likeness (QED) is 0.888. The third-order valence-corrected chi connectivity index (χ3v) is 2.89. The Hall–Kier alpha value is -2.18. The Morgan fingerprint density at radius 3 is 2.84 bits per heavy atom. The molecule has 2 aromatic rings. The average Bonchev–Trinajstić information content (AvgIpc) is 2.70. The number of nitrogens with one attached hydrogen (secondary N) is 1. The predicted octanol–water partition coefficient (Wildman–Crippen LogP) is 1.59. The summed E-state index contributed by atoms with van der Waals surface area (Å²) in [4.78, 5) is 15.7. The van der Waals surface area contributed by atoms with Gasteiger partial charge in [-0.1, -0.05) is 0 Å². The molecular formula is C12H14F2N4O. The third-order valence-electron chi connectivity index (χ3n) is 2.89. The molecule has 2 rings (SSSR count). The number of nitrogen functional groups attached to an aromatic ring is 1. The van der Waals surface area contributed by atoms with E-state index < -0.39 is 17.7 Å².